The summed E-state index contributed by atoms with van der Waals surface area (Å²) < 4.78 is 45.1. The maximum absolute atomic E-state index is 13.8. The number of fused-ring (bicyclic) bond motifs is 1. The maximum Gasteiger partial charge on any atom is 0.356 e. The van der Waals surface area contributed by atoms with Crippen LogP contribution in [0, 0.1) is 5.92 Å². The number of H-pyrrole nitrogens is 1. The van der Waals surface area contributed by atoms with Crippen LogP contribution in [0.4, 0.5) is 5.95 Å². The summed E-state index contributed by atoms with van der Waals surface area (Å²) in [4.78, 5) is 22.6. The first-order valence-corrected chi connectivity index (χ1v) is 15.0. The van der Waals surface area contributed by atoms with Crippen LogP contribution in [-0.4, -0.2) is 39.1 Å². The number of nitrogens with one attached hydrogen (secondary N) is 1. The second-order valence-corrected chi connectivity index (χ2v) is 12.1. The number of rotatable bonds is 12. The van der Waals surface area contributed by atoms with E-state index >= 15 is 0 Å². The van der Waals surface area contributed by atoms with Gasteiger partial charge in [0.15, 0.2) is 22.7 Å². The van der Waals surface area contributed by atoms with Crippen molar-refractivity contribution in [3.05, 3.63) is 75.0 Å². The Morgan fingerprint density at radius 2 is 2.03 bits per heavy atom. The molecule has 1 unspecified atom stereocenters. The lowest BCUT2D eigenvalue weighted by molar-refractivity contribution is 0.114. The van der Waals surface area contributed by atoms with Gasteiger partial charge < -0.3 is 29.0 Å². The molecule has 2 aromatic heterocycles. The molecule has 1 atom stereocenters. The van der Waals surface area contributed by atoms with E-state index in [1.165, 1.54) is 6.33 Å². The van der Waals surface area contributed by atoms with Crippen molar-refractivity contribution in [2.24, 2.45) is 5.92 Å². The minimum Gasteiger partial charge on any atom is -0.427 e. The van der Waals surface area contributed by atoms with Gasteiger partial charge in [-0.2, -0.15) is 4.98 Å². The first-order chi connectivity index (χ1) is 18.8. The Bertz CT molecular complexity index is 1500. The Kier molecular flexibility index (Phi) is 8.53. The van der Waals surface area contributed by atoms with Crippen molar-refractivity contribution in [1.82, 2.24) is 19.5 Å². The predicted octanol–water partition coefficient (Wildman–Crippen LogP) is 4.78. The quantitative estimate of drug-likeness (QED) is 0.213. The van der Waals surface area contributed by atoms with E-state index in [1.54, 1.807) is 4.57 Å². The highest BCUT2D eigenvalue weighted by Gasteiger charge is 2.34. The fourth-order valence-electron chi connectivity index (χ4n) is 4.53. The number of nitrogens with two attached hydrogens (primary N) is 1. The molecule has 3 N–H and O–H groups in total. The van der Waals surface area contributed by atoms with E-state index in [0.29, 0.717) is 17.2 Å². The van der Waals surface area contributed by atoms with Gasteiger partial charge in [-0.3, -0.25) is 18.9 Å². The average Bonchev–Trinajstić information content (AvgIpc) is 3.65. The molecule has 0 bridgehead atoms. The number of benzene rings is 1. The first-order valence-electron chi connectivity index (χ1n) is 12.5. The van der Waals surface area contributed by atoms with E-state index in [4.69, 9.17) is 29.0 Å². The van der Waals surface area contributed by atoms with Crippen molar-refractivity contribution in [1.29, 1.82) is 0 Å². The fourth-order valence-corrected chi connectivity index (χ4v) is 6.21. The van der Waals surface area contributed by atoms with Crippen molar-refractivity contribution in [3.8, 4) is 0 Å². The van der Waals surface area contributed by atoms with Crippen molar-refractivity contribution >= 4 is 40.6 Å². The van der Waals surface area contributed by atoms with Gasteiger partial charge >= 0.3 is 7.60 Å². The highest BCUT2D eigenvalue weighted by atomic mass is 79.9. The van der Waals surface area contributed by atoms with E-state index < -0.39 is 13.2 Å². The summed E-state index contributed by atoms with van der Waals surface area (Å²) in [5.41, 5.74) is 6.54. The third-order valence-corrected chi connectivity index (χ3v) is 8.43. The van der Waals surface area contributed by atoms with Crippen LogP contribution in [-0.2, 0) is 41.0 Å². The van der Waals surface area contributed by atoms with Gasteiger partial charge in [-0.05, 0) is 37.1 Å². The SMILES string of the molecule is C=C1OC(COP(=O)(COCCn2cnc3c(=O)[nH]c(N)nc32)OCc2cccc(Br)c2)=C(C2CCCC2)O1. The van der Waals surface area contributed by atoms with Crippen LogP contribution in [0.15, 0.2) is 63.9 Å². The number of anilines is 1. The highest BCUT2D eigenvalue weighted by molar-refractivity contribution is 9.10. The number of nitrogens with zero attached hydrogens (tertiary/aromatic N) is 3. The second kappa shape index (κ2) is 12.1. The molecule has 3 aromatic rings. The van der Waals surface area contributed by atoms with E-state index in [0.717, 1.165) is 35.7 Å². The smallest absolute Gasteiger partial charge is 0.356 e. The van der Waals surface area contributed by atoms with E-state index in [1.807, 2.05) is 24.3 Å². The molecule has 39 heavy (non-hydrogen) atoms. The standard InChI is InChI=1S/C25H29BrN5O7P/c1-16-37-20(22(38-16)18-6-2-3-7-18)13-36-39(33,35-12-17-5-4-8-19(26)11-17)15-34-10-9-31-14-28-21-23(31)29-25(27)30-24(21)32/h4-5,8,11,14,18H,1-3,6-7,9-10,12-13,15H2,(H3,27,29,30,32). The molecule has 5 rings (SSSR count). The van der Waals surface area contributed by atoms with Gasteiger partial charge in [-0.1, -0.05) is 40.9 Å². The molecule has 1 fully saturated rings. The van der Waals surface area contributed by atoms with Gasteiger partial charge in [0, 0.05) is 16.9 Å². The van der Waals surface area contributed by atoms with Crippen LogP contribution in [0.2, 0.25) is 0 Å². The number of aromatic amines is 1. The number of ether oxygens (including phenoxy) is 3. The van der Waals surface area contributed by atoms with Gasteiger partial charge in [0.2, 0.25) is 5.95 Å². The third-order valence-electron chi connectivity index (χ3n) is 6.39. The second-order valence-electron chi connectivity index (χ2n) is 9.23. The van der Waals surface area contributed by atoms with Gasteiger partial charge in [-0.15, -0.1) is 0 Å². The number of allylic oxidation sites excluding steroid dienone is 1. The van der Waals surface area contributed by atoms with E-state index in [-0.39, 0.29) is 56.0 Å². The number of hydrogen-bond acceptors (Lipinski definition) is 10. The predicted molar refractivity (Wildman–Crippen MR) is 146 cm³/mol. The van der Waals surface area contributed by atoms with Crippen molar-refractivity contribution in [2.75, 3.05) is 25.3 Å². The van der Waals surface area contributed by atoms with Crippen molar-refractivity contribution < 1.29 is 27.8 Å². The summed E-state index contributed by atoms with van der Waals surface area (Å²) in [5.74, 6) is 1.53. The molecule has 14 heteroatoms. The van der Waals surface area contributed by atoms with Crippen LogP contribution in [0.5, 0.6) is 0 Å². The Morgan fingerprint density at radius 1 is 1.23 bits per heavy atom. The number of imidazole rings is 1. The van der Waals surface area contributed by atoms with Crippen molar-refractivity contribution in [2.45, 2.75) is 38.8 Å². The van der Waals surface area contributed by atoms with Crippen molar-refractivity contribution in [3.63, 3.8) is 0 Å². The third kappa shape index (κ3) is 6.79. The summed E-state index contributed by atoms with van der Waals surface area (Å²) in [6, 6.07) is 7.48. The van der Waals surface area contributed by atoms with E-state index in [9.17, 15) is 9.36 Å². The van der Waals surface area contributed by atoms with Crippen LogP contribution in [0.25, 0.3) is 11.2 Å². The zero-order chi connectivity index (χ0) is 27.4. The molecule has 1 aliphatic carbocycles. The molecule has 0 saturated heterocycles. The molecular weight excluding hydrogens is 593 g/mol. The zero-order valence-corrected chi connectivity index (χ0v) is 23.6. The molecule has 1 saturated carbocycles. The molecule has 1 aliphatic heterocycles. The van der Waals surface area contributed by atoms with E-state index in [2.05, 4.69) is 37.5 Å². The molecule has 1 aromatic carbocycles. The molecule has 2 aliphatic rings. The summed E-state index contributed by atoms with van der Waals surface area (Å²) in [5, 5.41) is 0. The molecule has 12 nitrogen and oxygen atoms in total. The van der Waals surface area contributed by atoms with Gasteiger partial charge in [0.25, 0.3) is 11.5 Å². The minimum atomic E-state index is -3.75. The lowest BCUT2D eigenvalue weighted by Gasteiger charge is -2.19. The minimum absolute atomic E-state index is 0.0129. The number of hydrogen-bond donors (Lipinski definition) is 2. The number of nitrogen functional groups attached to an aromatic ring is 1. The van der Waals surface area contributed by atoms with Gasteiger partial charge in [0.1, 0.15) is 13.0 Å². The summed E-state index contributed by atoms with van der Waals surface area (Å²) >= 11 is 3.43. The van der Waals surface area contributed by atoms with Crippen LogP contribution >= 0.6 is 23.5 Å². The van der Waals surface area contributed by atoms with Crippen LogP contribution < -0.4 is 11.3 Å². The average molecular weight is 622 g/mol. The fraction of sp³-hybridized carbons (Fsp3) is 0.400. The Hall–Kier alpha value is -2.96. The zero-order valence-electron chi connectivity index (χ0n) is 21.1. The maximum atomic E-state index is 13.8. The van der Waals surface area contributed by atoms with Gasteiger partial charge in [0.05, 0.1) is 19.5 Å². The molecular formula is C25H29BrN5O7P. The van der Waals surface area contributed by atoms with Crippen LogP contribution in [0.3, 0.4) is 0 Å². The number of aromatic nitrogens is 4. The Labute approximate surface area is 232 Å². The summed E-state index contributed by atoms with van der Waals surface area (Å²) in [7, 11) is -3.75. The molecule has 0 amide bonds. The summed E-state index contributed by atoms with van der Waals surface area (Å²) in [6.07, 6.45) is 5.37. The largest absolute Gasteiger partial charge is 0.427 e. The summed E-state index contributed by atoms with van der Waals surface area (Å²) in [6.45, 7) is 4.11. The Morgan fingerprint density at radius 3 is 2.82 bits per heavy atom. The topological polar surface area (TPSA) is 153 Å². The highest BCUT2D eigenvalue weighted by Crippen LogP contribution is 2.50. The normalized spacial score (nSPS) is 17.5. The lowest BCUT2D eigenvalue weighted by Crippen LogP contribution is -2.14. The van der Waals surface area contributed by atoms with Crippen LogP contribution in [0.1, 0.15) is 31.2 Å². The number of halogens is 1. The Balaban J connectivity index is 1.25. The van der Waals surface area contributed by atoms with Gasteiger partial charge in [-0.25, -0.2) is 4.98 Å². The molecule has 3 heterocycles. The monoisotopic (exact) mass is 621 g/mol. The molecule has 0 spiro atoms. The molecule has 208 valence electrons. The lowest BCUT2D eigenvalue weighted by atomic mass is 10.1. The molecule has 0 radical (unpaired) electrons. The first kappa shape index (κ1) is 27.6.